The maximum atomic E-state index is 11.4. The molecular weight excluding hydrogens is 236 g/mol. The molecule has 0 radical (unpaired) electrons. The molecule has 1 rings (SSSR count). The van der Waals surface area contributed by atoms with Crippen LogP contribution in [0, 0.1) is 0 Å². The van der Waals surface area contributed by atoms with Gasteiger partial charge in [-0.05, 0) is 25.5 Å². The van der Waals surface area contributed by atoms with Gasteiger partial charge >= 0.3 is 0 Å². The Kier molecular flexibility index (Phi) is 8.46. The van der Waals surface area contributed by atoms with Crippen molar-refractivity contribution >= 4 is 18.3 Å². The summed E-state index contributed by atoms with van der Waals surface area (Å²) in [4.78, 5) is 13.2. The summed E-state index contributed by atoms with van der Waals surface area (Å²) in [6.07, 6.45) is 2.04. The summed E-state index contributed by atoms with van der Waals surface area (Å²) in [5, 5.41) is 2.87. The van der Waals surface area contributed by atoms with E-state index in [1.165, 1.54) is 5.56 Å². The van der Waals surface area contributed by atoms with Crippen molar-refractivity contribution in [3.05, 3.63) is 35.9 Å². The Morgan fingerprint density at radius 3 is 2.53 bits per heavy atom. The molecule has 0 saturated carbocycles. The van der Waals surface area contributed by atoms with Crippen molar-refractivity contribution in [3.63, 3.8) is 0 Å². The van der Waals surface area contributed by atoms with Crippen LogP contribution in [0.2, 0.25) is 0 Å². The van der Waals surface area contributed by atoms with Crippen molar-refractivity contribution in [1.82, 2.24) is 10.2 Å². The maximum Gasteiger partial charge on any atom is 0.236 e. The molecular formula is C13H21ClN2O. The van der Waals surface area contributed by atoms with Crippen LogP contribution in [0.1, 0.15) is 12.0 Å². The lowest BCUT2D eigenvalue weighted by Gasteiger charge is -2.16. The van der Waals surface area contributed by atoms with E-state index >= 15 is 0 Å². The van der Waals surface area contributed by atoms with Crippen LogP contribution in [0.5, 0.6) is 0 Å². The molecule has 0 saturated heterocycles. The van der Waals surface area contributed by atoms with E-state index in [0.717, 1.165) is 19.4 Å². The second-order valence-corrected chi connectivity index (χ2v) is 3.93. The van der Waals surface area contributed by atoms with Crippen LogP contribution in [-0.4, -0.2) is 38.0 Å². The van der Waals surface area contributed by atoms with Gasteiger partial charge in [-0.15, -0.1) is 12.4 Å². The average Bonchev–Trinajstić information content (AvgIpc) is 2.30. The van der Waals surface area contributed by atoms with Gasteiger partial charge in [0.2, 0.25) is 5.91 Å². The number of nitrogens with one attached hydrogen (secondary N) is 1. The fourth-order valence-corrected chi connectivity index (χ4v) is 1.58. The van der Waals surface area contributed by atoms with Gasteiger partial charge in [-0.1, -0.05) is 30.3 Å². The van der Waals surface area contributed by atoms with Gasteiger partial charge in [0, 0.05) is 13.6 Å². The van der Waals surface area contributed by atoms with Crippen molar-refractivity contribution in [3.8, 4) is 0 Å². The highest BCUT2D eigenvalue weighted by Gasteiger charge is 2.06. The second-order valence-electron chi connectivity index (χ2n) is 3.93. The van der Waals surface area contributed by atoms with E-state index in [9.17, 15) is 4.79 Å². The Bertz CT molecular complexity index is 316. The third-order valence-electron chi connectivity index (χ3n) is 2.56. The van der Waals surface area contributed by atoms with Crippen molar-refractivity contribution in [2.24, 2.45) is 0 Å². The fourth-order valence-electron chi connectivity index (χ4n) is 1.58. The first kappa shape index (κ1) is 15.9. The zero-order chi connectivity index (χ0) is 11.8. The van der Waals surface area contributed by atoms with Crippen LogP contribution in [0.25, 0.3) is 0 Å². The topological polar surface area (TPSA) is 32.3 Å². The minimum absolute atomic E-state index is 0. The number of hydrogen-bond donors (Lipinski definition) is 1. The van der Waals surface area contributed by atoms with Crippen LogP contribution in [0.15, 0.2) is 30.3 Å². The number of rotatable bonds is 6. The van der Waals surface area contributed by atoms with E-state index in [-0.39, 0.29) is 18.3 Å². The Balaban J connectivity index is 0.00000256. The lowest BCUT2D eigenvalue weighted by atomic mass is 10.1. The number of halogens is 1. The average molecular weight is 257 g/mol. The van der Waals surface area contributed by atoms with Gasteiger partial charge in [-0.2, -0.15) is 0 Å². The molecule has 0 atom stereocenters. The standard InChI is InChI=1S/C13H20N2O.ClH/c1-14-11-13(16)15(2)10-6-9-12-7-4-3-5-8-12;/h3-5,7-8,14H,6,9-11H2,1-2H3;1H. The highest BCUT2D eigenvalue weighted by Crippen LogP contribution is 2.02. The summed E-state index contributed by atoms with van der Waals surface area (Å²) < 4.78 is 0. The predicted molar refractivity (Wildman–Crippen MR) is 73.6 cm³/mol. The number of nitrogens with zero attached hydrogens (tertiary/aromatic N) is 1. The third-order valence-corrected chi connectivity index (χ3v) is 2.56. The highest BCUT2D eigenvalue weighted by molar-refractivity contribution is 5.85. The lowest BCUT2D eigenvalue weighted by molar-refractivity contribution is -0.128. The molecule has 4 heteroatoms. The number of amides is 1. The quantitative estimate of drug-likeness (QED) is 0.841. The van der Waals surface area contributed by atoms with Gasteiger partial charge in [0.1, 0.15) is 0 Å². The molecule has 1 amide bonds. The van der Waals surface area contributed by atoms with Crippen molar-refractivity contribution in [2.45, 2.75) is 12.8 Å². The first-order valence-corrected chi connectivity index (χ1v) is 5.66. The third kappa shape index (κ3) is 6.29. The molecule has 0 spiro atoms. The van der Waals surface area contributed by atoms with E-state index in [2.05, 4.69) is 17.4 Å². The molecule has 0 unspecified atom stereocenters. The molecule has 0 heterocycles. The number of likely N-dealkylation sites (N-methyl/N-ethyl adjacent to an activating group) is 2. The lowest BCUT2D eigenvalue weighted by Crippen LogP contribution is -2.34. The summed E-state index contributed by atoms with van der Waals surface area (Å²) in [5.41, 5.74) is 1.33. The van der Waals surface area contributed by atoms with Gasteiger partial charge in [0.05, 0.1) is 6.54 Å². The molecule has 3 nitrogen and oxygen atoms in total. The Morgan fingerprint density at radius 2 is 1.94 bits per heavy atom. The Labute approximate surface area is 110 Å². The van der Waals surface area contributed by atoms with E-state index < -0.39 is 0 Å². The van der Waals surface area contributed by atoms with Crippen LogP contribution in [-0.2, 0) is 11.2 Å². The van der Waals surface area contributed by atoms with E-state index in [1.54, 1.807) is 11.9 Å². The van der Waals surface area contributed by atoms with Crippen molar-refractivity contribution in [2.75, 3.05) is 27.2 Å². The summed E-state index contributed by atoms with van der Waals surface area (Å²) in [6.45, 7) is 1.23. The molecule has 0 aliphatic heterocycles. The minimum atomic E-state index is 0. The molecule has 96 valence electrons. The van der Waals surface area contributed by atoms with Crippen molar-refractivity contribution in [1.29, 1.82) is 0 Å². The number of carbonyl (C=O) groups excluding carboxylic acids is 1. The highest BCUT2D eigenvalue weighted by atomic mass is 35.5. The van der Waals surface area contributed by atoms with Crippen LogP contribution in [0.4, 0.5) is 0 Å². The molecule has 0 aliphatic carbocycles. The van der Waals surface area contributed by atoms with Gasteiger partial charge < -0.3 is 10.2 Å². The number of carbonyl (C=O) groups is 1. The van der Waals surface area contributed by atoms with E-state index in [1.807, 2.05) is 25.2 Å². The molecule has 17 heavy (non-hydrogen) atoms. The van der Waals surface area contributed by atoms with Gasteiger partial charge in [-0.25, -0.2) is 0 Å². The first-order chi connectivity index (χ1) is 7.74. The molecule has 0 aromatic heterocycles. The van der Waals surface area contributed by atoms with E-state index in [4.69, 9.17) is 0 Å². The Hall–Kier alpha value is -1.06. The van der Waals surface area contributed by atoms with Crippen LogP contribution in [0.3, 0.4) is 0 Å². The molecule has 0 bridgehead atoms. The first-order valence-electron chi connectivity index (χ1n) is 5.66. The minimum Gasteiger partial charge on any atom is -0.345 e. The Morgan fingerprint density at radius 1 is 1.29 bits per heavy atom. The smallest absolute Gasteiger partial charge is 0.236 e. The van der Waals surface area contributed by atoms with Crippen LogP contribution < -0.4 is 5.32 Å². The molecule has 1 aromatic carbocycles. The fraction of sp³-hybridized carbons (Fsp3) is 0.462. The molecule has 0 aliphatic rings. The maximum absolute atomic E-state index is 11.4. The largest absolute Gasteiger partial charge is 0.345 e. The second kappa shape index (κ2) is 9.02. The van der Waals surface area contributed by atoms with Crippen LogP contribution >= 0.6 is 12.4 Å². The molecule has 1 aromatic rings. The zero-order valence-electron chi connectivity index (χ0n) is 10.5. The van der Waals surface area contributed by atoms with Gasteiger partial charge in [0.25, 0.3) is 0 Å². The van der Waals surface area contributed by atoms with Gasteiger partial charge in [0.15, 0.2) is 0 Å². The predicted octanol–water partition coefficient (Wildman–Crippen LogP) is 1.72. The van der Waals surface area contributed by atoms with Gasteiger partial charge in [-0.3, -0.25) is 4.79 Å². The SMILES string of the molecule is CNCC(=O)N(C)CCCc1ccccc1.Cl. The monoisotopic (exact) mass is 256 g/mol. The summed E-state index contributed by atoms with van der Waals surface area (Å²) >= 11 is 0. The summed E-state index contributed by atoms with van der Waals surface area (Å²) in [6, 6.07) is 10.4. The summed E-state index contributed by atoms with van der Waals surface area (Å²) in [7, 11) is 3.64. The summed E-state index contributed by atoms with van der Waals surface area (Å²) in [5.74, 6) is 0.149. The van der Waals surface area contributed by atoms with E-state index in [0.29, 0.717) is 6.54 Å². The molecule has 0 fully saturated rings. The van der Waals surface area contributed by atoms with Crippen molar-refractivity contribution < 1.29 is 4.79 Å². The molecule has 1 N–H and O–H groups in total. The number of benzene rings is 1. The number of hydrogen-bond acceptors (Lipinski definition) is 2. The normalized spacial score (nSPS) is 9.53. The zero-order valence-corrected chi connectivity index (χ0v) is 11.3. The number of aryl methyl sites for hydroxylation is 1.